The van der Waals surface area contributed by atoms with E-state index >= 15 is 0 Å². The Labute approximate surface area is 210 Å². The van der Waals surface area contributed by atoms with Crippen LogP contribution in [0.2, 0.25) is 0 Å². The molecule has 5 rings (SSSR count). The van der Waals surface area contributed by atoms with Gasteiger partial charge in [-0.1, -0.05) is 6.07 Å². The monoisotopic (exact) mass is 518 g/mol. The average Bonchev–Trinajstić information content (AvgIpc) is 3.00. The Kier molecular flexibility index (Phi) is 7.84. The molecule has 3 N–H and O–H groups in total. The molecule has 2 saturated heterocycles. The quantitative estimate of drug-likeness (QED) is 0.481. The van der Waals surface area contributed by atoms with E-state index in [0.29, 0.717) is 30.1 Å². The van der Waals surface area contributed by atoms with Crippen LogP contribution in [0.5, 0.6) is 0 Å². The molecule has 0 radical (unpaired) electrons. The largest absolute Gasteiger partial charge is 0.378 e. The zero-order valence-corrected chi connectivity index (χ0v) is 20.6. The summed E-state index contributed by atoms with van der Waals surface area (Å²) in [7, 11) is 2.11. The molecule has 2 aromatic carbocycles. The first-order chi connectivity index (χ1) is 17.6. The molecule has 0 saturated carbocycles. The minimum Gasteiger partial charge on any atom is -0.378 e. The highest BCUT2D eigenvalue weighted by molar-refractivity contribution is 5.77. The lowest BCUT2D eigenvalue weighted by molar-refractivity contribution is -0.123. The van der Waals surface area contributed by atoms with Crippen LogP contribution in [0.25, 0.3) is 10.9 Å². The smallest absolute Gasteiger partial charge is 0.326 e. The molecule has 3 atom stereocenters. The van der Waals surface area contributed by atoms with Crippen molar-refractivity contribution in [3.8, 4) is 0 Å². The maximum atomic E-state index is 13.8. The number of aromatic nitrogens is 2. The molecule has 3 heterocycles. The molecule has 2 bridgehead atoms. The van der Waals surface area contributed by atoms with Crippen molar-refractivity contribution in [2.45, 2.75) is 50.2 Å². The topological polar surface area (TPSA) is 107 Å². The molecule has 1 aromatic heterocycles. The van der Waals surface area contributed by atoms with Crippen LogP contribution in [0.15, 0.2) is 46.0 Å². The summed E-state index contributed by atoms with van der Waals surface area (Å²) in [5, 5.41) is 2.94. The van der Waals surface area contributed by atoms with Gasteiger partial charge in [-0.2, -0.15) is 0 Å². The highest BCUT2D eigenvalue weighted by Crippen LogP contribution is 2.39. The lowest BCUT2D eigenvalue weighted by atomic mass is 9.91. The molecular weight excluding hydrogens is 489 g/mol. The number of nitrogens with one attached hydrogen (secondary N) is 3. The summed E-state index contributed by atoms with van der Waals surface area (Å²) in [5.74, 6) is -1.89. The summed E-state index contributed by atoms with van der Waals surface area (Å²) in [5.41, 5.74) is -0.607. The number of carbonyl (C=O) groups is 1. The highest BCUT2D eigenvalue weighted by atomic mass is 19.1. The van der Waals surface area contributed by atoms with Crippen molar-refractivity contribution in [2.24, 2.45) is 0 Å². The zero-order valence-electron chi connectivity index (χ0n) is 20.6. The SMILES string of the molecule is CC(NC(=O)CCC12CCC(COC1)N2C)c1ccc(F)cc1F.O=c1[nH]c(=O)c2cc(F)ccc2[nH]1. The van der Waals surface area contributed by atoms with Gasteiger partial charge in [0, 0.05) is 29.6 Å². The summed E-state index contributed by atoms with van der Waals surface area (Å²) in [6, 6.07) is 6.97. The first-order valence-electron chi connectivity index (χ1n) is 12.0. The van der Waals surface area contributed by atoms with E-state index < -0.39 is 34.7 Å². The highest BCUT2D eigenvalue weighted by Gasteiger charge is 2.47. The molecule has 0 aliphatic carbocycles. The summed E-state index contributed by atoms with van der Waals surface area (Å²) >= 11 is 0. The normalized spacial score (nSPS) is 21.8. The third-order valence-electron chi connectivity index (χ3n) is 7.25. The Morgan fingerprint density at radius 1 is 1.16 bits per heavy atom. The maximum absolute atomic E-state index is 13.8. The second-order valence-electron chi connectivity index (χ2n) is 9.60. The van der Waals surface area contributed by atoms with Crippen LogP contribution in [-0.4, -0.2) is 52.6 Å². The summed E-state index contributed by atoms with van der Waals surface area (Å²) in [4.78, 5) is 40.9. The van der Waals surface area contributed by atoms with Gasteiger partial charge in [0.05, 0.1) is 30.2 Å². The van der Waals surface area contributed by atoms with Gasteiger partial charge >= 0.3 is 5.69 Å². The first kappa shape index (κ1) is 26.6. The third kappa shape index (κ3) is 5.94. The van der Waals surface area contributed by atoms with Crippen LogP contribution in [0.3, 0.4) is 0 Å². The van der Waals surface area contributed by atoms with Gasteiger partial charge < -0.3 is 15.0 Å². The van der Waals surface area contributed by atoms with Gasteiger partial charge in [0.15, 0.2) is 0 Å². The number of aromatic amines is 2. The van der Waals surface area contributed by atoms with Crippen molar-refractivity contribution < 1.29 is 22.7 Å². The number of morpholine rings is 1. The van der Waals surface area contributed by atoms with Crippen LogP contribution < -0.4 is 16.6 Å². The molecule has 0 spiro atoms. The number of nitrogens with zero attached hydrogens (tertiary/aromatic N) is 1. The fourth-order valence-corrected chi connectivity index (χ4v) is 5.05. The number of carbonyl (C=O) groups excluding carboxylic acids is 1. The Hall–Kier alpha value is -3.44. The van der Waals surface area contributed by atoms with E-state index in [0.717, 1.165) is 38.0 Å². The van der Waals surface area contributed by atoms with Crippen molar-refractivity contribution in [2.75, 3.05) is 20.3 Å². The Morgan fingerprint density at radius 3 is 2.65 bits per heavy atom. The number of benzene rings is 2. The molecule has 2 aliphatic heterocycles. The standard InChI is InChI=1S/C18H24F2N2O2.C8H5FN2O2/c1-12(15-4-3-13(19)9-16(15)20)21-17(23)6-8-18-7-5-14(22(18)2)10-24-11-18;9-4-1-2-6-5(3-4)7(12)11-8(13)10-6/h3-4,9,12,14H,5-8,10-11H2,1-2H3,(H,21,23);1-3H,(H2,10,11,12,13). The van der Waals surface area contributed by atoms with Gasteiger partial charge in [0.1, 0.15) is 17.5 Å². The Bertz CT molecular complexity index is 1400. The van der Waals surface area contributed by atoms with Crippen molar-refractivity contribution >= 4 is 16.8 Å². The molecule has 3 unspecified atom stereocenters. The van der Waals surface area contributed by atoms with Gasteiger partial charge in [0.25, 0.3) is 5.56 Å². The van der Waals surface area contributed by atoms with Crippen LogP contribution in [0, 0.1) is 17.5 Å². The summed E-state index contributed by atoms with van der Waals surface area (Å²) < 4.78 is 45.1. The number of likely N-dealkylation sites (N-methyl/N-ethyl adjacent to an activating group) is 1. The number of H-pyrrole nitrogens is 2. The number of hydrogen-bond donors (Lipinski definition) is 3. The van der Waals surface area contributed by atoms with E-state index in [1.165, 1.54) is 24.3 Å². The summed E-state index contributed by atoms with van der Waals surface area (Å²) in [6.45, 7) is 3.13. The maximum Gasteiger partial charge on any atom is 0.326 e. The molecule has 2 fully saturated rings. The van der Waals surface area contributed by atoms with Gasteiger partial charge in [-0.05, 0) is 57.5 Å². The number of halogens is 3. The van der Waals surface area contributed by atoms with E-state index in [9.17, 15) is 27.6 Å². The van der Waals surface area contributed by atoms with Gasteiger partial charge in [0.2, 0.25) is 5.91 Å². The third-order valence-corrected chi connectivity index (χ3v) is 7.25. The van der Waals surface area contributed by atoms with Crippen LogP contribution in [-0.2, 0) is 9.53 Å². The van der Waals surface area contributed by atoms with Gasteiger partial charge in [-0.25, -0.2) is 18.0 Å². The predicted molar refractivity (Wildman–Crippen MR) is 132 cm³/mol. The number of ether oxygens (including phenoxy) is 1. The van der Waals surface area contributed by atoms with E-state index in [2.05, 4.69) is 22.2 Å². The van der Waals surface area contributed by atoms with Crippen LogP contribution >= 0.6 is 0 Å². The van der Waals surface area contributed by atoms with Crippen molar-refractivity contribution in [3.63, 3.8) is 0 Å². The molecular formula is C26H29F3N4O4. The summed E-state index contributed by atoms with van der Waals surface area (Å²) in [6.07, 6.45) is 3.25. The van der Waals surface area contributed by atoms with Crippen LogP contribution in [0.1, 0.15) is 44.2 Å². The Morgan fingerprint density at radius 2 is 1.89 bits per heavy atom. The Balaban J connectivity index is 0.000000207. The van der Waals surface area contributed by atoms with Crippen molar-refractivity contribution in [1.29, 1.82) is 0 Å². The minimum absolute atomic E-state index is 0.0510. The second-order valence-corrected chi connectivity index (χ2v) is 9.60. The van der Waals surface area contributed by atoms with Gasteiger partial charge in [-0.15, -0.1) is 0 Å². The fraction of sp³-hybridized carbons (Fsp3) is 0.423. The number of fused-ring (bicyclic) bond motifs is 3. The molecule has 3 aromatic rings. The number of amides is 1. The van der Waals surface area contributed by atoms with E-state index in [1.54, 1.807) is 6.92 Å². The molecule has 2 aliphatic rings. The minimum atomic E-state index is -0.638. The van der Waals surface area contributed by atoms with Crippen molar-refractivity contribution in [1.82, 2.24) is 20.2 Å². The molecule has 8 nitrogen and oxygen atoms in total. The second kappa shape index (κ2) is 10.9. The van der Waals surface area contributed by atoms with Crippen LogP contribution in [0.4, 0.5) is 13.2 Å². The van der Waals surface area contributed by atoms with E-state index in [1.807, 2.05) is 4.98 Å². The lowest BCUT2D eigenvalue weighted by Gasteiger charge is -2.42. The van der Waals surface area contributed by atoms with E-state index in [4.69, 9.17) is 4.74 Å². The van der Waals surface area contributed by atoms with E-state index in [-0.39, 0.29) is 16.8 Å². The molecule has 1 amide bonds. The van der Waals surface area contributed by atoms with Crippen molar-refractivity contribution in [3.05, 3.63) is 80.3 Å². The fourth-order valence-electron chi connectivity index (χ4n) is 5.05. The number of hydrogen-bond acceptors (Lipinski definition) is 5. The lowest BCUT2D eigenvalue weighted by Crippen LogP contribution is -2.53. The van der Waals surface area contributed by atoms with Gasteiger partial charge in [-0.3, -0.25) is 19.5 Å². The predicted octanol–water partition coefficient (Wildman–Crippen LogP) is 3.14. The zero-order chi connectivity index (χ0) is 26.7. The number of rotatable bonds is 5. The molecule has 11 heteroatoms. The first-order valence-corrected chi connectivity index (χ1v) is 12.0. The average molecular weight is 519 g/mol. The molecule has 37 heavy (non-hydrogen) atoms. The molecule has 198 valence electrons.